The standard InChI is InChI=1S/C11H10FN3OS2/c1-2-17-11-15-14-10(18-11)13-9(16)7-4-3-5-8(12)6-7/h3-6H,2H2,1H3,(H,13,14,16). The second-order valence-corrected chi connectivity index (χ2v) is 5.76. The topological polar surface area (TPSA) is 54.9 Å². The number of benzene rings is 1. The van der Waals surface area contributed by atoms with Crippen molar-refractivity contribution in [3.8, 4) is 0 Å². The van der Waals surface area contributed by atoms with E-state index < -0.39 is 11.7 Å². The van der Waals surface area contributed by atoms with Crippen molar-refractivity contribution in [1.29, 1.82) is 0 Å². The number of hydrogen-bond donors (Lipinski definition) is 1. The van der Waals surface area contributed by atoms with E-state index in [-0.39, 0.29) is 5.56 Å². The number of carbonyl (C=O) groups is 1. The molecule has 18 heavy (non-hydrogen) atoms. The molecular formula is C11H10FN3OS2. The predicted molar refractivity (Wildman–Crippen MR) is 70.7 cm³/mol. The number of anilines is 1. The van der Waals surface area contributed by atoms with Crippen LogP contribution in [0.4, 0.5) is 9.52 Å². The summed E-state index contributed by atoms with van der Waals surface area (Å²) in [6, 6.07) is 5.50. The molecule has 0 unspecified atom stereocenters. The van der Waals surface area contributed by atoms with Crippen molar-refractivity contribution in [2.75, 3.05) is 11.1 Å². The number of amides is 1. The molecule has 1 N–H and O–H groups in total. The normalized spacial score (nSPS) is 10.3. The molecule has 1 amide bonds. The van der Waals surface area contributed by atoms with Crippen LogP contribution >= 0.6 is 23.1 Å². The second-order valence-electron chi connectivity index (χ2n) is 3.27. The smallest absolute Gasteiger partial charge is 0.257 e. The van der Waals surface area contributed by atoms with E-state index in [9.17, 15) is 9.18 Å². The quantitative estimate of drug-likeness (QED) is 0.692. The van der Waals surface area contributed by atoms with E-state index in [1.807, 2.05) is 6.92 Å². The van der Waals surface area contributed by atoms with E-state index >= 15 is 0 Å². The lowest BCUT2D eigenvalue weighted by atomic mass is 10.2. The summed E-state index contributed by atoms with van der Waals surface area (Å²) in [7, 11) is 0. The highest BCUT2D eigenvalue weighted by Crippen LogP contribution is 2.25. The Labute approximate surface area is 112 Å². The molecule has 1 aromatic heterocycles. The third-order valence-corrected chi connectivity index (χ3v) is 3.84. The van der Waals surface area contributed by atoms with Crippen molar-refractivity contribution in [2.45, 2.75) is 11.3 Å². The number of nitrogens with one attached hydrogen (secondary N) is 1. The molecule has 94 valence electrons. The van der Waals surface area contributed by atoms with E-state index in [1.165, 1.54) is 29.5 Å². The minimum Gasteiger partial charge on any atom is -0.296 e. The van der Waals surface area contributed by atoms with Crippen molar-refractivity contribution in [1.82, 2.24) is 10.2 Å². The molecular weight excluding hydrogens is 273 g/mol. The first-order valence-corrected chi connectivity index (χ1v) is 7.02. The first kappa shape index (κ1) is 13.0. The zero-order valence-electron chi connectivity index (χ0n) is 9.51. The maximum Gasteiger partial charge on any atom is 0.257 e. The number of aromatic nitrogens is 2. The number of thioether (sulfide) groups is 1. The predicted octanol–water partition coefficient (Wildman–Crippen LogP) is 3.04. The monoisotopic (exact) mass is 283 g/mol. The van der Waals surface area contributed by atoms with Gasteiger partial charge < -0.3 is 0 Å². The summed E-state index contributed by atoms with van der Waals surface area (Å²) in [4.78, 5) is 11.8. The molecule has 0 aliphatic carbocycles. The van der Waals surface area contributed by atoms with Crippen LogP contribution in [-0.2, 0) is 0 Å². The molecule has 0 saturated carbocycles. The van der Waals surface area contributed by atoms with Gasteiger partial charge in [-0.15, -0.1) is 10.2 Å². The Hall–Kier alpha value is -1.47. The minimum atomic E-state index is -0.442. The van der Waals surface area contributed by atoms with Gasteiger partial charge >= 0.3 is 0 Å². The Balaban J connectivity index is 2.06. The minimum absolute atomic E-state index is 0.259. The maximum absolute atomic E-state index is 13.0. The number of rotatable bonds is 4. The number of halogens is 1. The highest BCUT2D eigenvalue weighted by Gasteiger charge is 2.10. The van der Waals surface area contributed by atoms with Gasteiger partial charge in [-0.05, 0) is 24.0 Å². The number of nitrogens with zero attached hydrogens (tertiary/aromatic N) is 2. The number of hydrogen-bond acceptors (Lipinski definition) is 5. The van der Waals surface area contributed by atoms with Gasteiger partial charge in [0.2, 0.25) is 5.13 Å². The summed E-state index contributed by atoms with van der Waals surface area (Å²) < 4.78 is 13.8. The van der Waals surface area contributed by atoms with Gasteiger partial charge in [-0.1, -0.05) is 36.1 Å². The lowest BCUT2D eigenvalue weighted by Crippen LogP contribution is -2.11. The van der Waals surface area contributed by atoms with Crippen LogP contribution in [0.3, 0.4) is 0 Å². The van der Waals surface area contributed by atoms with Gasteiger partial charge in [-0.25, -0.2) is 4.39 Å². The summed E-state index contributed by atoms with van der Waals surface area (Å²) in [5, 5.41) is 10.8. The highest BCUT2D eigenvalue weighted by atomic mass is 32.2. The van der Waals surface area contributed by atoms with Crippen molar-refractivity contribution < 1.29 is 9.18 Å². The Bertz CT molecular complexity index is 559. The lowest BCUT2D eigenvalue weighted by Gasteiger charge is -2.00. The van der Waals surface area contributed by atoms with E-state index in [4.69, 9.17) is 0 Å². The molecule has 0 aliphatic heterocycles. The van der Waals surface area contributed by atoms with Gasteiger partial charge in [0.25, 0.3) is 5.91 Å². The van der Waals surface area contributed by atoms with Crippen LogP contribution in [0.25, 0.3) is 0 Å². The van der Waals surface area contributed by atoms with Crippen LogP contribution in [0.2, 0.25) is 0 Å². The highest BCUT2D eigenvalue weighted by molar-refractivity contribution is 8.01. The first-order valence-electron chi connectivity index (χ1n) is 5.22. The zero-order chi connectivity index (χ0) is 13.0. The molecule has 2 aromatic rings. The first-order chi connectivity index (χ1) is 8.69. The fourth-order valence-corrected chi connectivity index (χ4v) is 2.89. The average molecular weight is 283 g/mol. The third-order valence-electron chi connectivity index (χ3n) is 1.98. The molecule has 0 atom stereocenters. The molecule has 0 bridgehead atoms. The fourth-order valence-electron chi connectivity index (χ4n) is 1.24. The summed E-state index contributed by atoms with van der Waals surface area (Å²) >= 11 is 2.85. The summed E-state index contributed by atoms with van der Waals surface area (Å²) in [6.45, 7) is 2.01. The van der Waals surface area contributed by atoms with Gasteiger partial charge in [0.1, 0.15) is 5.82 Å². The van der Waals surface area contributed by atoms with Gasteiger partial charge in [-0.3, -0.25) is 10.1 Å². The van der Waals surface area contributed by atoms with Crippen molar-refractivity contribution in [3.05, 3.63) is 35.6 Å². The molecule has 0 saturated heterocycles. The van der Waals surface area contributed by atoms with Crippen molar-refractivity contribution in [2.24, 2.45) is 0 Å². The molecule has 0 fully saturated rings. The van der Waals surface area contributed by atoms with Crippen LogP contribution < -0.4 is 5.32 Å². The SMILES string of the molecule is CCSc1nnc(NC(=O)c2cccc(F)c2)s1. The van der Waals surface area contributed by atoms with E-state index in [0.717, 1.165) is 10.1 Å². The molecule has 1 aromatic carbocycles. The summed E-state index contributed by atoms with van der Waals surface area (Å²) in [5.41, 5.74) is 0.259. The third kappa shape index (κ3) is 3.27. The molecule has 1 heterocycles. The van der Waals surface area contributed by atoms with Crippen LogP contribution in [0.1, 0.15) is 17.3 Å². The molecule has 2 rings (SSSR count). The molecule has 0 radical (unpaired) electrons. The molecule has 0 aliphatic rings. The Morgan fingerprint density at radius 2 is 2.33 bits per heavy atom. The average Bonchev–Trinajstić information content (AvgIpc) is 2.77. The Kier molecular flexibility index (Phi) is 4.27. The van der Waals surface area contributed by atoms with Crippen molar-refractivity contribution in [3.63, 3.8) is 0 Å². The Morgan fingerprint density at radius 3 is 3.06 bits per heavy atom. The van der Waals surface area contributed by atoms with Gasteiger partial charge in [0.05, 0.1) is 0 Å². The van der Waals surface area contributed by atoms with Gasteiger partial charge in [0, 0.05) is 5.56 Å². The molecule has 4 nitrogen and oxygen atoms in total. The summed E-state index contributed by atoms with van der Waals surface area (Å²) in [5.74, 6) is 0.0628. The largest absolute Gasteiger partial charge is 0.296 e. The number of carbonyl (C=O) groups excluding carboxylic acids is 1. The fraction of sp³-hybridized carbons (Fsp3) is 0.182. The zero-order valence-corrected chi connectivity index (χ0v) is 11.1. The van der Waals surface area contributed by atoms with Gasteiger partial charge in [-0.2, -0.15) is 0 Å². The van der Waals surface area contributed by atoms with E-state index in [2.05, 4.69) is 15.5 Å². The van der Waals surface area contributed by atoms with Crippen LogP contribution in [-0.4, -0.2) is 21.9 Å². The summed E-state index contributed by atoms with van der Waals surface area (Å²) in [6.07, 6.45) is 0. The molecule has 7 heteroatoms. The lowest BCUT2D eigenvalue weighted by molar-refractivity contribution is 0.102. The van der Waals surface area contributed by atoms with E-state index in [1.54, 1.807) is 17.8 Å². The Morgan fingerprint density at radius 1 is 1.50 bits per heavy atom. The van der Waals surface area contributed by atoms with Gasteiger partial charge in [0.15, 0.2) is 4.34 Å². The van der Waals surface area contributed by atoms with Crippen LogP contribution in [0, 0.1) is 5.82 Å². The maximum atomic E-state index is 13.0. The van der Waals surface area contributed by atoms with Crippen LogP contribution in [0.5, 0.6) is 0 Å². The van der Waals surface area contributed by atoms with Crippen LogP contribution in [0.15, 0.2) is 28.6 Å². The molecule has 0 spiro atoms. The van der Waals surface area contributed by atoms with Crippen molar-refractivity contribution >= 4 is 34.1 Å². The van der Waals surface area contributed by atoms with E-state index in [0.29, 0.717) is 5.13 Å². The second kappa shape index (κ2) is 5.92.